The van der Waals surface area contributed by atoms with E-state index in [4.69, 9.17) is 16.8 Å². The molecule has 2 rings (SSSR count). The van der Waals surface area contributed by atoms with Gasteiger partial charge in [0.25, 0.3) is 15.9 Å². The number of Topliss-reactive ketones (excluding diaryl/α,β-unsaturated/α-hetero) is 1. The molecule has 1 heterocycles. The number of piperidine rings is 1. The molecule has 7 nitrogen and oxygen atoms in total. The molecule has 9 heteroatoms. The highest BCUT2D eigenvalue weighted by molar-refractivity contribution is 7.89. The number of carbonyl (C=O) groups excluding carboxylic acids is 2. The number of benzene rings is 1. The Bertz CT molecular complexity index is 679. The molecule has 0 aromatic heterocycles. The molecule has 1 saturated heterocycles. The van der Waals surface area contributed by atoms with Crippen LogP contribution in [0.4, 0.5) is 0 Å². The summed E-state index contributed by atoms with van der Waals surface area (Å²) in [6.07, 6.45) is 0.589. The van der Waals surface area contributed by atoms with E-state index in [0.717, 1.165) is 6.07 Å². The molecule has 0 spiro atoms. The molecule has 114 valence electrons. The normalized spacial score (nSPS) is 16.1. The van der Waals surface area contributed by atoms with E-state index in [-0.39, 0.29) is 27.2 Å². The highest BCUT2D eigenvalue weighted by atomic mass is 35.5. The summed E-state index contributed by atoms with van der Waals surface area (Å²) < 4.78 is 23.2. The lowest BCUT2D eigenvalue weighted by atomic mass is 10.1. The minimum Gasteiger partial charge on any atom is -0.338 e. The first-order valence-corrected chi connectivity index (χ1v) is 7.97. The summed E-state index contributed by atoms with van der Waals surface area (Å²) in [7, 11) is -4.18. The number of likely N-dealkylation sites (tertiary alicyclic amines) is 1. The molecule has 1 aromatic rings. The van der Waals surface area contributed by atoms with Crippen LogP contribution < -0.4 is 4.89 Å². The lowest BCUT2D eigenvalue weighted by Gasteiger charge is -2.26. The Kier molecular flexibility index (Phi) is 4.62. The van der Waals surface area contributed by atoms with E-state index in [1.807, 2.05) is 0 Å². The number of rotatable bonds is 3. The summed E-state index contributed by atoms with van der Waals surface area (Å²) in [6, 6.07) is 3.77. The van der Waals surface area contributed by atoms with Gasteiger partial charge in [0, 0.05) is 31.5 Å². The van der Waals surface area contributed by atoms with Gasteiger partial charge in [-0.1, -0.05) is 16.5 Å². The van der Waals surface area contributed by atoms with Crippen LogP contribution in [0.15, 0.2) is 23.1 Å². The summed E-state index contributed by atoms with van der Waals surface area (Å²) in [5.41, 5.74) is 0.127. The number of hydrogen-bond donors (Lipinski definition) is 2. The van der Waals surface area contributed by atoms with Crippen LogP contribution in [0.3, 0.4) is 0 Å². The number of carbonyl (C=O) groups is 2. The molecule has 1 aliphatic rings. The Morgan fingerprint density at radius 1 is 1.29 bits per heavy atom. The molecule has 1 amide bonds. The minimum absolute atomic E-state index is 0.0999. The zero-order valence-electron chi connectivity index (χ0n) is 10.9. The first kappa shape index (κ1) is 15.9. The van der Waals surface area contributed by atoms with Crippen molar-refractivity contribution in [3.05, 3.63) is 28.8 Å². The van der Waals surface area contributed by atoms with Crippen LogP contribution in [0.1, 0.15) is 23.2 Å². The first-order valence-electron chi connectivity index (χ1n) is 6.11. The molecule has 0 radical (unpaired) electrons. The van der Waals surface area contributed by atoms with Gasteiger partial charge in [-0.2, -0.15) is 0 Å². The van der Waals surface area contributed by atoms with Crippen molar-refractivity contribution >= 4 is 33.3 Å². The van der Waals surface area contributed by atoms with Crippen molar-refractivity contribution < 1.29 is 23.2 Å². The molecule has 1 fully saturated rings. The maximum Gasteiger partial charge on any atom is 0.263 e. The van der Waals surface area contributed by atoms with Crippen molar-refractivity contribution in [3.63, 3.8) is 0 Å². The van der Waals surface area contributed by atoms with Gasteiger partial charge in [0.05, 0.1) is 5.02 Å². The summed E-state index contributed by atoms with van der Waals surface area (Å²) in [6.45, 7) is 0.612. The van der Waals surface area contributed by atoms with Crippen LogP contribution in [-0.4, -0.2) is 43.3 Å². The van der Waals surface area contributed by atoms with Gasteiger partial charge >= 0.3 is 0 Å². The molecule has 2 N–H and O–H groups in total. The number of hydrogen-bond acceptors (Lipinski definition) is 5. The third kappa shape index (κ3) is 3.41. The van der Waals surface area contributed by atoms with Crippen LogP contribution >= 0.6 is 11.6 Å². The Labute approximate surface area is 126 Å². The Hall–Kier alpha value is -1.48. The second-order valence-electron chi connectivity index (χ2n) is 4.57. The number of nitrogens with zero attached hydrogens (tertiary/aromatic N) is 1. The van der Waals surface area contributed by atoms with Crippen molar-refractivity contribution in [1.29, 1.82) is 0 Å². The van der Waals surface area contributed by atoms with Gasteiger partial charge in [0.2, 0.25) is 0 Å². The predicted octanol–water partition coefficient (Wildman–Crippen LogP) is 0.813. The maximum absolute atomic E-state index is 12.3. The highest BCUT2D eigenvalue weighted by Crippen LogP contribution is 2.23. The van der Waals surface area contributed by atoms with Gasteiger partial charge in [0.1, 0.15) is 10.7 Å². The summed E-state index contributed by atoms with van der Waals surface area (Å²) in [5, 5.41) is 8.54. The van der Waals surface area contributed by atoms with Gasteiger partial charge in [-0.3, -0.25) is 9.59 Å². The lowest BCUT2D eigenvalue weighted by Crippen LogP contribution is -2.38. The van der Waals surface area contributed by atoms with Gasteiger partial charge in [-0.05, 0) is 18.2 Å². The lowest BCUT2D eigenvalue weighted by molar-refractivity contribution is -0.120. The van der Waals surface area contributed by atoms with Gasteiger partial charge in [-0.25, -0.2) is 8.42 Å². The quantitative estimate of drug-likeness (QED) is 0.797. The number of nitrogens with one attached hydrogen (secondary N) is 1. The van der Waals surface area contributed by atoms with E-state index in [9.17, 15) is 18.0 Å². The van der Waals surface area contributed by atoms with Gasteiger partial charge in [0.15, 0.2) is 0 Å². The fourth-order valence-electron chi connectivity index (χ4n) is 2.03. The zero-order chi connectivity index (χ0) is 15.6. The summed E-state index contributed by atoms with van der Waals surface area (Å²) >= 11 is 5.77. The fourth-order valence-corrected chi connectivity index (χ4v) is 3.16. The largest absolute Gasteiger partial charge is 0.338 e. The molecular formula is C12H13ClN2O5S. The molecule has 0 unspecified atom stereocenters. The van der Waals surface area contributed by atoms with E-state index < -0.39 is 10.0 Å². The van der Waals surface area contributed by atoms with Crippen molar-refractivity contribution in [2.45, 2.75) is 17.7 Å². The average Bonchev–Trinajstić information content (AvgIpc) is 2.47. The third-order valence-electron chi connectivity index (χ3n) is 3.20. The summed E-state index contributed by atoms with van der Waals surface area (Å²) in [4.78, 5) is 25.7. The van der Waals surface area contributed by atoms with Crippen LogP contribution in [0, 0.1) is 0 Å². The number of halogens is 1. The second-order valence-corrected chi connectivity index (χ2v) is 6.61. The van der Waals surface area contributed by atoms with E-state index in [2.05, 4.69) is 0 Å². The minimum atomic E-state index is -4.18. The Balaban J connectivity index is 2.31. The fraction of sp³-hybridized carbons (Fsp3) is 0.333. The van der Waals surface area contributed by atoms with E-state index in [1.54, 1.807) is 0 Å². The molecule has 0 aliphatic carbocycles. The molecule has 21 heavy (non-hydrogen) atoms. The maximum atomic E-state index is 12.3. The monoisotopic (exact) mass is 332 g/mol. The number of ketones is 1. The van der Waals surface area contributed by atoms with Crippen LogP contribution in [0.2, 0.25) is 5.02 Å². The average molecular weight is 333 g/mol. The molecular weight excluding hydrogens is 320 g/mol. The standard InChI is InChI=1S/C12H13ClN2O5S/c13-10-2-1-8(7-11(10)21(19,20)14-18)12(17)15-5-3-9(16)4-6-15/h1-2,7,14,18H,3-6H2. The summed E-state index contributed by atoms with van der Waals surface area (Å²) in [5.74, 6) is -0.281. The molecule has 0 atom stereocenters. The molecule has 1 aliphatic heterocycles. The highest BCUT2D eigenvalue weighted by Gasteiger charge is 2.24. The zero-order valence-corrected chi connectivity index (χ0v) is 12.4. The smallest absolute Gasteiger partial charge is 0.263 e. The van der Waals surface area contributed by atoms with Crippen molar-refractivity contribution in [2.24, 2.45) is 0 Å². The Morgan fingerprint density at radius 3 is 2.48 bits per heavy atom. The van der Waals surface area contributed by atoms with Crippen LogP contribution in [0.5, 0.6) is 0 Å². The topological polar surface area (TPSA) is 104 Å². The van der Waals surface area contributed by atoms with Crippen molar-refractivity contribution in [1.82, 2.24) is 9.79 Å². The Morgan fingerprint density at radius 2 is 1.90 bits per heavy atom. The first-order chi connectivity index (χ1) is 9.85. The van der Waals surface area contributed by atoms with E-state index >= 15 is 0 Å². The predicted molar refractivity (Wildman–Crippen MR) is 73.7 cm³/mol. The number of sulfonamides is 1. The van der Waals surface area contributed by atoms with E-state index in [0.29, 0.717) is 25.9 Å². The molecule has 1 aromatic carbocycles. The third-order valence-corrected chi connectivity index (χ3v) is 4.79. The van der Waals surface area contributed by atoms with Crippen LogP contribution in [0.25, 0.3) is 0 Å². The second kappa shape index (κ2) is 6.10. The van der Waals surface area contributed by atoms with E-state index in [1.165, 1.54) is 21.9 Å². The number of amides is 1. The molecule has 0 bridgehead atoms. The van der Waals surface area contributed by atoms with Gasteiger partial charge in [-0.15, -0.1) is 0 Å². The van der Waals surface area contributed by atoms with Crippen LogP contribution in [-0.2, 0) is 14.8 Å². The van der Waals surface area contributed by atoms with Crippen molar-refractivity contribution in [3.8, 4) is 0 Å². The van der Waals surface area contributed by atoms with Gasteiger partial charge < -0.3 is 10.1 Å². The SMILES string of the molecule is O=C1CCN(C(=O)c2ccc(Cl)c(S(=O)(=O)NO)c2)CC1. The van der Waals surface area contributed by atoms with Crippen molar-refractivity contribution in [2.75, 3.05) is 13.1 Å². The molecule has 0 saturated carbocycles.